The van der Waals surface area contributed by atoms with Gasteiger partial charge in [0, 0.05) is 38.4 Å². The van der Waals surface area contributed by atoms with Gasteiger partial charge in [-0.25, -0.2) is 8.42 Å². The minimum Gasteiger partial charge on any atom is -0.496 e. The van der Waals surface area contributed by atoms with Gasteiger partial charge in [-0.05, 0) is 54.7 Å². The second-order valence-corrected chi connectivity index (χ2v) is 10.8. The van der Waals surface area contributed by atoms with Crippen LogP contribution in [-0.2, 0) is 21.3 Å². The number of morpholine rings is 1. The van der Waals surface area contributed by atoms with Crippen molar-refractivity contribution in [2.45, 2.75) is 31.2 Å². The molecule has 9 heteroatoms. The number of rotatable bonds is 7. The Labute approximate surface area is 201 Å². The molecule has 1 amide bonds. The van der Waals surface area contributed by atoms with E-state index < -0.39 is 10.0 Å². The van der Waals surface area contributed by atoms with Crippen LogP contribution in [0.5, 0.6) is 5.75 Å². The number of sulfonamides is 1. The van der Waals surface area contributed by atoms with E-state index in [-0.39, 0.29) is 16.4 Å². The van der Waals surface area contributed by atoms with Crippen LogP contribution in [0.15, 0.2) is 47.4 Å². The molecule has 2 aliphatic rings. The van der Waals surface area contributed by atoms with Gasteiger partial charge in [0.05, 0.1) is 30.8 Å². The van der Waals surface area contributed by atoms with Crippen molar-refractivity contribution < 1.29 is 22.7 Å². The highest BCUT2D eigenvalue weighted by molar-refractivity contribution is 7.89. The van der Waals surface area contributed by atoms with Gasteiger partial charge in [-0.1, -0.05) is 19.1 Å². The molecule has 0 atom stereocenters. The molecular formula is C25H33N3O5S. The molecule has 0 aliphatic carbocycles. The van der Waals surface area contributed by atoms with Gasteiger partial charge in [0.1, 0.15) is 5.75 Å². The molecule has 2 aromatic rings. The Kier molecular flexibility index (Phi) is 7.75. The summed E-state index contributed by atoms with van der Waals surface area (Å²) in [5, 5.41) is 2.89. The lowest BCUT2D eigenvalue weighted by Crippen LogP contribution is -2.38. The molecule has 184 valence electrons. The molecule has 2 aromatic carbocycles. The molecule has 0 aromatic heterocycles. The SMILES string of the molecule is COc1ccc(S(=O)(=O)N2CCC(C)CC2)cc1C(=O)NCc1ccc(N2CCOCC2)cc1. The molecule has 0 radical (unpaired) electrons. The number of ether oxygens (including phenoxy) is 2. The summed E-state index contributed by atoms with van der Waals surface area (Å²) in [6.07, 6.45) is 1.68. The number of anilines is 1. The van der Waals surface area contributed by atoms with E-state index >= 15 is 0 Å². The lowest BCUT2D eigenvalue weighted by Gasteiger charge is -2.29. The monoisotopic (exact) mass is 487 g/mol. The minimum absolute atomic E-state index is 0.114. The number of benzene rings is 2. The molecule has 2 saturated heterocycles. The lowest BCUT2D eigenvalue weighted by atomic mass is 10.0. The van der Waals surface area contributed by atoms with Gasteiger partial charge < -0.3 is 19.7 Å². The van der Waals surface area contributed by atoms with Crippen LogP contribution in [0.2, 0.25) is 0 Å². The van der Waals surface area contributed by atoms with Crippen molar-refractivity contribution in [3.05, 3.63) is 53.6 Å². The second kappa shape index (κ2) is 10.8. The van der Waals surface area contributed by atoms with Crippen LogP contribution in [0.4, 0.5) is 5.69 Å². The van der Waals surface area contributed by atoms with E-state index in [1.54, 1.807) is 6.07 Å². The fourth-order valence-electron chi connectivity index (χ4n) is 4.32. The van der Waals surface area contributed by atoms with E-state index in [4.69, 9.17) is 9.47 Å². The summed E-state index contributed by atoms with van der Waals surface area (Å²) in [6, 6.07) is 12.5. The van der Waals surface area contributed by atoms with Crippen LogP contribution < -0.4 is 15.0 Å². The van der Waals surface area contributed by atoms with Gasteiger partial charge in [0.2, 0.25) is 10.0 Å². The first kappa shape index (κ1) is 24.5. The van der Waals surface area contributed by atoms with Crippen molar-refractivity contribution in [1.29, 1.82) is 0 Å². The summed E-state index contributed by atoms with van der Waals surface area (Å²) in [4.78, 5) is 15.4. The highest BCUT2D eigenvalue weighted by atomic mass is 32.2. The first-order chi connectivity index (χ1) is 16.4. The molecule has 1 N–H and O–H groups in total. The average Bonchev–Trinajstić information content (AvgIpc) is 2.88. The molecule has 0 unspecified atom stereocenters. The fraction of sp³-hybridized carbons (Fsp3) is 0.480. The normalized spacial score (nSPS) is 18.0. The van der Waals surface area contributed by atoms with Crippen molar-refractivity contribution in [3.8, 4) is 5.75 Å². The van der Waals surface area contributed by atoms with Crippen LogP contribution in [0.25, 0.3) is 0 Å². The summed E-state index contributed by atoms with van der Waals surface area (Å²) in [5.41, 5.74) is 2.29. The summed E-state index contributed by atoms with van der Waals surface area (Å²) >= 11 is 0. The molecule has 2 aliphatic heterocycles. The molecule has 2 fully saturated rings. The minimum atomic E-state index is -3.66. The van der Waals surface area contributed by atoms with Crippen LogP contribution >= 0.6 is 0 Å². The first-order valence-electron chi connectivity index (χ1n) is 11.8. The lowest BCUT2D eigenvalue weighted by molar-refractivity contribution is 0.0947. The average molecular weight is 488 g/mol. The van der Waals surface area contributed by atoms with E-state index in [9.17, 15) is 13.2 Å². The molecular weight excluding hydrogens is 454 g/mol. The Hall–Kier alpha value is -2.62. The Morgan fingerprint density at radius 1 is 1.06 bits per heavy atom. The third-order valence-electron chi connectivity index (χ3n) is 6.56. The maximum atomic E-state index is 13.2. The second-order valence-electron chi connectivity index (χ2n) is 8.90. The number of hydrogen-bond donors (Lipinski definition) is 1. The highest BCUT2D eigenvalue weighted by Gasteiger charge is 2.29. The number of hydrogen-bond acceptors (Lipinski definition) is 6. The number of nitrogens with zero attached hydrogens (tertiary/aromatic N) is 2. The standard InChI is InChI=1S/C25H33N3O5S/c1-19-9-11-28(12-10-19)34(30,31)22-7-8-24(32-2)23(17-22)25(29)26-18-20-3-5-21(6-4-20)27-13-15-33-16-14-27/h3-8,17,19H,9-16,18H2,1-2H3,(H,26,29). The van der Waals surface area contributed by atoms with Crippen molar-refractivity contribution in [1.82, 2.24) is 9.62 Å². The zero-order valence-electron chi connectivity index (χ0n) is 19.8. The van der Waals surface area contributed by atoms with E-state index in [1.165, 1.54) is 23.5 Å². The maximum absolute atomic E-state index is 13.2. The topological polar surface area (TPSA) is 88.2 Å². The molecule has 34 heavy (non-hydrogen) atoms. The van der Waals surface area contributed by atoms with Crippen LogP contribution in [0.1, 0.15) is 35.7 Å². The third kappa shape index (κ3) is 5.54. The van der Waals surface area contributed by atoms with E-state index in [0.29, 0.717) is 31.3 Å². The molecule has 4 rings (SSSR count). The molecule has 8 nitrogen and oxygen atoms in total. The third-order valence-corrected chi connectivity index (χ3v) is 8.46. The Balaban J connectivity index is 1.45. The maximum Gasteiger partial charge on any atom is 0.255 e. The Bertz CT molecular complexity index is 1090. The smallest absolute Gasteiger partial charge is 0.255 e. The van der Waals surface area contributed by atoms with Crippen LogP contribution in [-0.4, -0.2) is 65.1 Å². The number of carbonyl (C=O) groups is 1. The fourth-order valence-corrected chi connectivity index (χ4v) is 5.82. The van der Waals surface area contributed by atoms with E-state index in [2.05, 4.69) is 17.1 Å². The number of methoxy groups -OCH3 is 1. The summed E-state index contributed by atoms with van der Waals surface area (Å²) in [6.45, 7) is 6.64. The van der Waals surface area contributed by atoms with Gasteiger partial charge in [-0.3, -0.25) is 4.79 Å². The van der Waals surface area contributed by atoms with Crippen molar-refractivity contribution in [2.24, 2.45) is 5.92 Å². The Morgan fingerprint density at radius 3 is 2.38 bits per heavy atom. The number of amides is 1. The van der Waals surface area contributed by atoms with Gasteiger partial charge >= 0.3 is 0 Å². The van der Waals surface area contributed by atoms with Crippen LogP contribution in [0.3, 0.4) is 0 Å². The molecule has 0 saturated carbocycles. The van der Waals surface area contributed by atoms with E-state index in [1.807, 2.05) is 24.3 Å². The largest absolute Gasteiger partial charge is 0.496 e. The molecule has 0 bridgehead atoms. The zero-order valence-corrected chi connectivity index (χ0v) is 20.6. The number of nitrogens with one attached hydrogen (secondary N) is 1. The summed E-state index contributed by atoms with van der Waals surface area (Å²) in [7, 11) is -2.20. The van der Waals surface area contributed by atoms with Gasteiger partial charge in [-0.15, -0.1) is 0 Å². The highest BCUT2D eigenvalue weighted by Crippen LogP contribution is 2.27. The summed E-state index contributed by atoms with van der Waals surface area (Å²) < 4.78 is 38.6. The predicted octanol–water partition coefficient (Wildman–Crippen LogP) is 2.88. The van der Waals surface area contributed by atoms with Crippen molar-refractivity contribution >= 4 is 21.6 Å². The van der Waals surface area contributed by atoms with Crippen LogP contribution in [0, 0.1) is 5.92 Å². The summed E-state index contributed by atoms with van der Waals surface area (Å²) in [5.74, 6) is 0.483. The van der Waals surface area contributed by atoms with Gasteiger partial charge in [0.25, 0.3) is 5.91 Å². The van der Waals surface area contributed by atoms with Crippen molar-refractivity contribution in [3.63, 3.8) is 0 Å². The first-order valence-corrected chi connectivity index (χ1v) is 13.2. The van der Waals surface area contributed by atoms with Gasteiger partial charge in [0.15, 0.2) is 0 Å². The number of carbonyl (C=O) groups excluding carboxylic acids is 1. The zero-order chi connectivity index (χ0) is 24.1. The molecule has 2 heterocycles. The van der Waals surface area contributed by atoms with E-state index in [0.717, 1.165) is 50.4 Å². The quantitative estimate of drug-likeness (QED) is 0.646. The number of piperidine rings is 1. The van der Waals surface area contributed by atoms with Gasteiger partial charge in [-0.2, -0.15) is 4.31 Å². The Morgan fingerprint density at radius 2 is 1.74 bits per heavy atom. The predicted molar refractivity (Wildman–Crippen MR) is 131 cm³/mol. The molecule has 0 spiro atoms. The van der Waals surface area contributed by atoms with Crippen molar-refractivity contribution in [2.75, 3.05) is 51.4 Å².